The summed E-state index contributed by atoms with van der Waals surface area (Å²) in [6, 6.07) is 9.36. The fourth-order valence-electron chi connectivity index (χ4n) is 3.77. The number of fused-ring (bicyclic) bond motifs is 2. The number of esters is 2. The Labute approximate surface area is 130 Å². The van der Waals surface area contributed by atoms with E-state index in [1.165, 1.54) is 7.11 Å². The van der Waals surface area contributed by atoms with Gasteiger partial charge in [0.15, 0.2) is 0 Å². The van der Waals surface area contributed by atoms with Crippen molar-refractivity contribution in [3.8, 4) is 0 Å². The molecule has 0 amide bonds. The zero-order chi connectivity index (χ0) is 15.7. The standard InChI is InChI=1S/C17H21NO4/c1-18-12-8-9-13(18)15(17(20)21-2)14(10-12)22-16(19)11-6-4-3-5-7-11/h3-7,12-15H,8-10H2,1-2H3/t12-,13+,14+,15-/m0/s1. The Kier molecular flexibility index (Phi) is 4.16. The zero-order valence-electron chi connectivity index (χ0n) is 12.9. The van der Waals surface area contributed by atoms with Gasteiger partial charge in [-0.15, -0.1) is 0 Å². The molecule has 0 saturated carbocycles. The van der Waals surface area contributed by atoms with Crippen LogP contribution in [0.3, 0.4) is 0 Å². The maximum Gasteiger partial charge on any atom is 0.338 e. The van der Waals surface area contributed by atoms with Crippen LogP contribution in [0.4, 0.5) is 0 Å². The number of rotatable bonds is 3. The van der Waals surface area contributed by atoms with Crippen molar-refractivity contribution in [2.75, 3.05) is 14.2 Å². The third kappa shape index (κ3) is 2.61. The Hall–Kier alpha value is -1.88. The van der Waals surface area contributed by atoms with E-state index < -0.39 is 12.0 Å². The highest BCUT2D eigenvalue weighted by Gasteiger charge is 2.50. The largest absolute Gasteiger partial charge is 0.469 e. The minimum Gasteiger partial charge on any atom is -0.469 e. The molecule has 22 heavy (non-hydrogen) atoms. The number of carbonyl (C=O) groups is 2. The first-order valence-corrected chi connectivity index (χ1v) is 7.67. The van der Waals surface area contributed by atoms with E-state index in [2.05, 4.69) is 4.90 Å². The SMILES string of the molecule is COC(=O)[C@H]1[C@H]2CC[C@@H](C[C@H]1OC(=O)c1ccccc1)N2C. The van der Waals surface area contributed by atoms with Gasteiger partial charge in [0.1, 0.15) is 12.0 Å². The fourth-order valence-corrected chi connectivity index (χ4v) is 3.77. The minimum atomic E-state index is -0.408. The second-order valence-corrected chi connectivity index (χ2v) is 6.06. The lowest BCUT2D eigenvalue weighted by molar-refractivity contribution is -0.156. The molecule has 2 bridgehead atoms. The lowest BCUT2D eigenvalue weighted by atomic mass is 9.87. The topological polar surface area (TPSA) is 55.8 Å². The molecule has 2 aliphatic rings. The summed E-state index contributed by atoms with van der Waals surface area (Å²) in [6.07, 6.45) is 2.26. The van der Waals surface area contributed by atoms with Gasteiger partial charge < -0.3 is 9.47 Å². The highest BCUT2D eigenvalue weighted by molar-refractivity contribution is 5.89. The third-order valence-corrected chi connectivity index (χ3v) is 4.96. The molecule has 4 atom stereocenters. The smallest absolute Gasteiger partial charge is 0.338 e. The fraction of sp³-hybridized carbons (Fsp3) is 0.529. The summed E-state index contributed by atoms with van der Waals surface area (Å²) in [6.45, 7) is 0. The number of ether oxygens (including phenoxy) is 2. The summed E-state index contributed by atoms with van der Waals surface area (Å²) in [4.78, 5) is 26.7. The van der Waals surface area contributed by atoms with E-state index in [9.17, 15) is 9.59 Å². The van der Waals surface area contributed by atoms with E-state index in [1.807, 2.05) is 13.1 Å². The quantitative estimate of drug-likeness (QED) is 0.798. The second-order valence-electron chi connectivity index (χ2n) is 6.06. The van der Waals surface area contributed by atoms with Crippen LogP contribution in [0.2, 0.25) is 0 Å². The molecule has 0 radical (unpaired) electrons. The molecular formula is C17H21NO4. The van der Waals surface area contributed by atoms with Crippen molar-refractivity contribution in [1.29, 1.82) is 0 Å². The van der Waals surface area contributed by atoms with Crippen LogP contribution in [0.15, 0.2) is 30.3 Å². The van der Waals surface area contributed by atoms with Crippen molar-refractivity contribution >= 4 is 11.9 Å². The molecular weight excluding hydrogens is 282 g/mol. The van der Waals surface area contributed by atoms with Crippen LogP contribution in [0, 0.1) is 5.92 Å². The first-order chi connectivity index (χ1) is 10.6. The average molecular weight is 303 g/mol. The molecule has 0 N–H and O–H groups in total. The van der Waals surface area contributed by atoms with Gasteiger partial charge in [-0.3, -0.25) is 9.69 Å². The maximum atomic E-state index is 12.3. The molecule has 1 aromatic rings. The monoisotopic (exact) mass is 303 g/mol. The molecule has 2 saturated heterocycles. The van der Waals surface area contributed by atoms with Crippen LogP contribution in [-0.2, 0) is 14.3 Å². The van der Waals surface area contributed by atoms with Crippen molar-refractivity contribution in [1.82, 2.24) is 4.90 Å². The van der Waals surface area contributed by atoms with Crippen molar-refractivity contribution in [2.24, 2.45) is 5.92 Å². The second kappa shape index (κ2) is 6.08. The predicted octanol–water partition coefficient (Wildman–Crippen LogP) is 1.87. The highest BCUT2D eigenvalue weighted by atomic mass is 16.6. The molecule has 0 unspecified atom stereocenters. The van der Waals surface area contributed by atoms with Gasteiger partial charge in [-0.1, -0.05) is 18.2 Å². The Balaban J connectivity index is 1.79. The van der Waals surface area contributed by atoms with E-state index in [1.54, 1.807) is 24.3 Å². The van der Waals surface area contributed by atoms with Crippen LogP contribution < -0.4 is 0 Å². The van der Waals surface area contributed by atoms with E-state index in [0.717, 1.165) is 12.8 Å². The summed E-state index contributed by atoms with van der Waals surface area (Å²) in [5, 5.41) is 0. The lowest BCUT2D eigenvalue weighted by Crippen LogP contribution is -2.53. The molecule has 0 aliphatic carbocycles. The highest BCUT2D eigenvalue weighted by Crippen LogP contribution is 2.40. The average Bonchev–Trinajstić information content (AvgIpc) is 2.78. The van der Waals surface area contributed by atoms with Crippen LogP contribution in [0.25, 0.3) is 0 Å². The van der Waals surface area contributed by atoms with Crippen molar-refractivity contribution < 1.29 is 19.1 Å². The van der Waals surface area contributed by atoms with Crippen LogP contribution in [0.5, 0.6) is 0 Å². The normalized spacial score (nSPS) is 30.8. The zero-order valence-corrected chi connectivity index (χ0v) is 12.9. The van der Waals surface area contributed by atoms with Crippen LogP contribution in [0.1, 0.15) is 29.6 Å². The molecule has 118 valence electrons. The molecule has 2 heterocycles. The summed E-state index contributed by atoms with van der Waals surface area (Å²) >= 11 is 0. The summed E-state index contributed by atoms with van der Waals surface area (Å²) in [5.74, 6) is -1.06. The summed E-state index contributed by atoms with van der Waals surface area (Å²) < 4.78 is 10.6. The van der Waals surface area contributed by atoms with Gasteiger partial charge in [0.2, 0.25) is 0 Å². The molecule has 2 aliphatic heterocycles. The van der Waals surface area contributed by atoms with Crippen LogP contribution in [-0.4, -0.2) is 49.2 Å². The third-order valence-electron chi connectivity index (χ3n) is 4.96. The van der Waals surface area contributed by atoms with Crippen LogP contribution >= 0.6 is 0 Å². The Morgan fingerprint density at radius 2 is 1.91 bits per heavy atom. The lowest BCUT2D eigenvalue weighted by Gasteiger charge is -2.40. The van der Waals surface area contributed by atoms with Crippen molar-refractivity contribution in [3.05, 3.63) is 35.9 Å². The Morgan fingerprint density at radius 3 is 2.59 bits per heavy atom. The minimum absolute atomic E-state index is 0.0970. The molecule has 2 fully saturated rings. The number of carbonyl (C=O) groups excluding carboxylic acids is 2. The van der Waals surface area contributed by atoms with E-state index in [-0.39, 0.29) is 18.0 Å². The number of methoxy groups -OCH3 is 1. The maximum absolute atomic E-state index is 12.3. The molecule has 3 rings (SSSR count). The summed E-state index contributed by atoms with van der Waals surface area (Å²) in [7, 11) is 3.42. The number of hydrogen-bond acceptors (Lipinski definition) is 5. The molecule has 1 aromatic carbocycles. The number of hydrogen-bond donors (Lipinski definition) is 0. The van der Waals surface area contributed by atoms with Crippen molar-refractivity contribution in [3.63, 3.8) is 0 Å². The number of piperidine rings is 1. The van der Waals surface area contributed by atoms with Gasteiger partial charge in [0.05, 0.1) is 12.7 Å². The molecule has 0 aromatic heterocycles. The first-order valence-electron chi connectivity index (χ1n) is 7.67. The van der Waals surface area contributed by atoms with Gasteiger partial charge in [-0.05, 0) is 32.0 Å². The van der Waals surface area contributed by atoms with Gasteiger partial charge in [-0.2, -0.15) is 0 Å². The van der Waals surface area contributed by atoms with E-state index in [0.29, 0.717) is 18.0 Å². The Morgan fingerprint density at radius 1 is 1.18 bits per heavy atom. The predicted molar refractivity (Wildman–Crippen MR) is 80.3 cm³/mol. The molecule has 5 heteroatoms. The first kappa shape index (κ1) is 15.0. The van der Waals surface area contributed by atoms with Gasteiger partial charge in [0, 0.05) is 18.5 Å². The summed E-state index contributed by atoms with van der Waals surface area (Å²) in [5.41, 5.74) is 0.511. The van der Waals surface area contributed by atoms with Gasteiger partial charge in [0.25, 0.3) is 0 Å². The molecule has 0 spiro atoms. The Bertz CT molecular complexity index is 559. The van der Waals surface area contributed by atoms with Gasteiger partial charge >= 0.3 is 11.9 Å². The van der Waals surface area contributed by atoms with E-state index in [4.69, 9.17) is 9.47 Å². The van der Waals surface area contributed by atoms with Gasteiger partial charge in [-0.25, -0.2) is 4.79 Å². The van der Waals surface area contributed by atoms with Crippen molar-refractivity contribution in [2.45, 2.75) is 37.5 Å². The van der Waals surface area contributed by atoms with E-state index >= 15 is 0 Å². The number of nitrogens with zero attached hydrogens (tertiary/aromatic N) is 1. The molecule has 5 nitrogen and oxygen atoms in total. The number of benzene rings is 1.